The van der Waals surface area contributed by atoms with Crippen LogP contribution in [0.2, 0.25) is 0 Å². The van der Waals surface area contributed by atoms with Crippen LogP contribution < -0.4 is 5.32 Å². The Balaban J connectivity index is 1.67. The minimum Gasteiger partial charge on any atom is -0.379 e. The van der Waals surface area contributed by atoms with Gasteiger partial charge in [0, 0.05) is 12.6 Å². The summed E-state index contributed by atoms with van der Waals surface area (Å²) in [6.45, 7) is 1.65. The Kier molecular flexibility index (Phi) is 3.18. The average Bonchev–Trinajstić information content (AvgIpc) is 2.95. The molecular weight excluding hydrogens is 230 g/mol. The molecule has 3 rings (SSSR count). The lowest BCUT2D eigenvalue weighted by molar-refractivity contribution is 0.0876. The summed E-state index contributed by atoms with van der Waals surface area (Å²) in [5.41, 5.74) is 1.01. The number of anilines is 1. The van der Waals surface area contributed by atoms with Gasteiger partial charge in [0.25, 0.3) is 0 Å². The Morgan fingerprint density at radius 2 is 2.39 bits per heavy atom. The molecule has 0 aliphatic carbocycles. The number of pyridine rings is 1. The van der Waals surface area contributed by atoms with Gasteiger partial charge >= 0.3 is 0 Å². The molecule has 6 nitrogen and oxygen atoms in total. The highest BCUT2D eigenvalue weighted by Gasteiger charge is 2.13. The van der Waals surface area contributed by atoms with E-state index in [1.165, 1.54) is 6.33 Å². The third-order valence-corrected chi connectivity index (χ3v) is 2.93. The maximum atomic E-state index is 5.43. The van der Waals surface area contributed by atoms with Crippen LogP contribution in [0, 0.1) is 0 Å². The molecule has 2 aromatic rings. The van der Waals surface area contributed by atoms with Crippen LogP contribution in [-0.2, 0) is 4.74 Å². The maximum absolute atomic E-state index is 5.43. The zero-order chi connectivity index (χ0) is 12.2. The predicted octanol–water partition coefficient (Wildman–Crippen LogP) is 1.25. The summed E-state index contributed by atoms with van der Waals surface area (Å²) < 4.78 is 7.06. The van der Waals surface area contributed by atoms with Gasteiger partial charge in [-0.05, 0) is 25.0 Å². The van der Waals surface area contributed by atoms with Gasteiger partial charge in [0.05, 0.1) is 18.5 Å². The molecule has 0 amide bonds. The first-order valence-electron chi connectivity index (χ1n) is 6.07. The van der Waals surface area contributed by atoms with Crippen LogP contribution in [0.15, 0.2) is 31.0 Å². The van der Waals surface area contributed by atoms with Gasteiger partial charge in [0.2, 0.25) is 0 Å². The number of ether oxygens (including phenoxy) is 1. The van der Waals surface area contributed by atoms with Crippen LogP contribution in [-0.4, -0.2) is 39.0 Å². The Morgan fingerprint density at radius 1 is 1.39 bits per heavy atom. The minimum absolute atomic E-state index is 0.387. The molecule has 1 fully saturated rings. The molecule has 0 radical (unpaired) electrons. The van der Waals surface area contributed by atoms with E-state index >= 15 is 0 Å². The Morgan fingerprint density at radius 3 is 3.06 bits per heavy atom. The fourth-order valence-corrected chi connectivity index (χ4v) is 2.02. The summed E-state index contributed by atoms with van der Waals surface area (Å²) in [6, 6.07) is 4.30. The van der Waals surface area contributed by atoms with E-state index in [9.17, 15) is 0 Å². The fourth-order valence-electron chi connectivity index (χ4n) is 2.02. The second kappa shape index (κ2) is 5.14. The predicted molar refractivity (Wildman–Crippen MR) is 66.6 cm³/mol. The third kappa shape index (κ3) is 2.48. The van der Waals surface area contributed by atoms with Gasteiger partial charge in [-0.1, -0.05) is 0 Å². The van der Waals surface area contributed by atoms with Crippen molar-refractivity contribution in [3.8, 4) is 5.82 Å². The van der Waals surface area contributed by atoms with Crippen LogP contribution in [0.3, 0.4) is 0 Å². The first-order valence-corrected chi connectivity index (χ1v) is 6.07. The molecule has 18 heavy (non-hydrogen) atoms. The Hall–Kier alpha value is -1.95. The van der Waals surface area contributed by atoms with Crippen LogP contribution in [0.5, 0.6) is 0 Å². The molecule has 1 N–H and O–H groups in total. The van der Waals surface area contributed by atoms with Gasteiger partial charge < -0.3 is 10.1 Å². The second-order valence-corrected chi connectivity index (χ2v) is 4.30. The quantitative estimate of drug-likeness (QED) is 0.881. The molecule has 1 unspecified atom stereocenters. The number of hydrogen-bond acceptors (Lipinski definition) is 5. The lowest BCUT2D eigenvalue weighted by Gasteiger charge is -2.23. The van der Waals surface area contributed by atoms with Gasteiger partial charge in [0.15, 0.2) is 5.82 Å². The second-order valence-electron chi connectivity index (χ2n) is 4.30. The SMILES string of the molecule is c1ncn(-c2ccc(NC3CCCOC3)cn2)n1. The summed E-state index contributed by atoms with van der Waals surface area (Å²) in [4.78, 5) is 8.24. The summed E-state index contributed by atoms with van der Waals surface area (Å²) in [5.74, 6) is 0.762. The maximum Gasteiger partial charge on any atom is 0.155 e. The van der Waals surface area contributed by atoms with Gasteiger partial charge in [-0.3, -0.25) is 0 Å². The molecule has 1 aliphatic rings. The highest BCUT2D eigenvalue weighted by Crippen LogP contribution is 2.14. The van der Waals surface area contributed by atoms with E-state index in [4.69, 9.17) is 4.74 Å². The molecule has 1 saturated heterocycles. The topological polar surface area (TPSA) is 64.9 Å². The van der Waals surface area contributed by atoms with E-state index < -0.39 is 0 Å². The molecule has 2 aromatic heterocycles. The normalized spacial score (nSPS) is 19.7. The molecule has 0 spiro atoms. The number of nitrogens with one attached hydrogen (secondary N) is 1. The summed E-state index contributed by atoms with van der Waals surface area (Å²) in [7, 11) is 0. The molecule has 6 heteroatoms. The van der Waals surface area contributed by atoms with Gasteiger partial charge in [0.1, 0.15) is 12.7 Å². The van der Waals surface area contributed by atoms with E-state index in [1.807, 2.05) is 18.3 Å². The zero-order valence-electron chi connectivity index (χ0n) is 9.99. The van der Waals surface area contributed by atoms with Crippen LogP contribution in [0.1, 0.15) is 12.8 Å². The van der Waals surface area contributed by atoms with E-state index in [2.05, 4.69) is 20.4 Å². The first-order chi connectivity index (χ1) is 8.92. The lowest BCUT2D eigenvalue weighted by atomic mass is 10.1. The molecule has 1 aliphatic heterocycles. The Labute approximate surface area is 105 Å². The zero-order valence-corrected chi connectivity index (χ0v) is 9.99. The number of hydrogen-bond donors (Lipinski definition) is 1. The number of aromatic nitrogens is 4. The van der Waals surface area contributed by atoms with E-state index in [1.54, 1.807) is 11.0 Å². The summed E-state index contributed by atoms with van der Waals surface area (Å²) in [5, 5.41) is 7.46. The average molecular weight is 245 g/mol. The van der Waals surface area contributed by atoms with Crippen LogP contribution >= 0.6 is 0 Å². The molecular formula is C12H15N5O. The minimum atomic E-state index is 0.387. The van der Waals surface area contributed by atoms with Crippen molar-refractivity contribution < 1.29 is 4.74 Å². The van der Waals surface area contributed by atoms with Crippen molar-refractivity contribution in [2.45, 2.75) is 18.9 Å². The van der Waals surface area contributed by atoms with E-state index in [0.717, 1.165) is 37.6 Å². The molecule has 3 heterocycles. The fraction of sp³-hybridized carbons (Fsp3) is 0.417. The lowest BCUT2D eigenvalue weighted by Crippen LogP contribution is -2.29. The molecule has 1 atom stereocenters. The van der Waals surface area contributed by atoms with Gasteiger partial charge in [-0.2, -0.15) is 5.10 Å². The van der Waals surface area contributed by atoms with Crippen molar-refractivity contribution in [3.63, 3.8) is 0 Å². The summed E-state index contributed by atoms with van der Waals surface area (Å²) >= 11 is 0. The standard InChI is InChI=1S/C12H15N5O/c1-2-11(7-18-5-1)16-10-3-4-12(14-6-10)17-9-13-8-15-17/h3-4,6,8-9,11,16H,1-2,5,7H2. The van der Waals surface area contributed by atoms with Crippen molar-refractivity contribution in [2.24, 2.45) is 0 Å². The van der Waals surface area contributed by atoms with Crippen molar-refractivity contribution in [1.82, 2.24) is 19.7 Å². The smallest absolute Gasteiger partial charge is 0.155 e. The van der Waals surface area contributed by atoms with E-state index in [-0.39, 0.29) is 0 Å². The Bertz CT molecular complexity index is 476. The van der Waals surface area contributed by atoms with Crippen LogP contribution in [0.4, 0.5) is 5.69 Å². The number of rotatable bonds is 3. The highest BCUT2D eigenvalue weighted by atomic mass is 16.5. The largest absolute Gasteiger partial charge is 0.379 e. The molecule has 94 valence electrons. The summed E-state index contributed by atoms with van der Waals surface area (Å²) in [6.07, 6.45) is 7.19. The molecule has 0 saturated carbocycles. The van der Waals surface area contributed by atoms with Gasteiger partial charge in [-0.25, -0.2) is 14.6 Å². The van der Waals surface area contributed by atoms with Crippen molar-refractivity contribution >= 4 is 5.69 Å². The van der Waals surface area contributed by atoms with Crippen molar-refractivity contribution in [2.75, 3.05) is 18.5 Å². The molecule has 0 aromatic carbocycles. The molecule has 0 bridgehead atoms. The number of nitrogens with zero attached hydrogens (tertiary/aromatic N) is 4. The third-order valence-electron chi connectivity index (χ3n) is 2.93. The van der Waals surface area contributed by atoms with Gasteiger partial charge in [-0.15, -0.1) is 0 Å². The van der Waals surface area contributed by atoms with Crippen molar-refractivity contribution in [1.29, 1.82) is 0 Å². The van der Waals surface area contributed by atoms with Crippen molar-refractivity contribution in [3.05, 3.63) is 31.0 Å². The van der Waals surface area contributed by atoms with E-state index in [0.29, 0.717) is 6.04 Å². The first kappa shape index (κ1) is 11.2. The monoisotopic (exact) mass is 245 g/mol. The van der Waals surface area contributed by atoms with Crippen LogP contribution in [0.25, 0.3) is 5.82 Å². The highest BCUT2D eigenvalue weighted by molar-refractivity contribution is 5.44.